The molecule has 1 heterocycles. The minimum Gasteiger partial charge on any atom is -0.396 e. The highest BCUT2D eigenvalue weighted by atomic mass is 79.9. The lowest BCUT2D eigenvalue weighted by molar-refractivity contribution is -0.138. The van der Waals surface area contributed by atoms with E-state index in [2.05, 4.69) is 15.9 Å². The molecule has 7 heteroatoms. The molecule has 1 unspecified atom stereocenters. The summed E-state index contributed by atoms with van der Waals surface area (Å²) >= 11 is 2.86. The minimum absolute atomic E-state index is 0.0372. The third-order valence-electron chi connectivity index (χ3n) is 3.63. The Morgan fingerprint density at radius 3 is 2.76 bits per heavy atom. The van der Waals surface area contributed by atoms with Crippen LogP contribution in [0.4, 0.5) is 13.2 Å². The standard InChI is InChI=1S/C14H15BrF3NO2/c15-12-2-1-10(7-11(12)14(16,17)18)13(21)19-5-3-9(8-19)4-6-20/h1-2,7,9,20H,3-6,8H2. The van der Waals surface area contributed by atoms with Crippen molar-refractivity contribution in [1.29, 1.82) is 0 Å². The molecule has 116 valence electrons. The molecule has 0 bridgehead atoms. The van der Waals surface area contributed by atoms with Crippen molar-refractivity contribution in [1.82, 2.24) is 4.90 Å². The monoisotopic (exact) mass is 365 g/mol. The molecule has 1 aromatic rings. The van der Waals surface area contributed by atoms with Crippen molar-refractivity contribution in [3.63, 3.8) is 0 Å². The third-order valence-corrected chi connectivity index (χ3v) is 4.32. The van der Waals surface area contributed by atoms with E-state index in [4.69, 9.17) is 5.11 Å². The van der Waals surface area contributed by atoms with Crippen LogP contribution in [0.1, 0.15) is 28.8 Å². The second kappa shape index (κ2) is 6.36. The van der Waals surface area contributed by atoms with E-state index < -0.39 is 17.6 Å². The highest BCUT2D eigenvalue weighted by Gasteiger charge is 2.34. The number of likely N-dealkylation sites (tertiary alicyclic amines) is 1. The Hall–Kier alpha value is -1.08. The van der Waals surface area contributed by atoms with Gasteiger partial charge in [0.05, 0.1) is 5.56 Å². The van der Waals surface area contributed by atoms with E-state index in [1.165, 1.54) is 12.1 Å². The van der Waals surface area contributed by atoms with Crippen LogP contribution in [0.2, 0.25) is 0 Å². The Kier molecular flexibility index (Phi) is 4.93. The van der Waals surface area contributed by atoms with Crippen molar-refractivity contribution in [2.75, 3.05) is 19.7 Å². The van der Waals surface area contributed by atoms with Crippen LogP contribution in [-0.4, -0.2) is 35.6 Å². The molecular weight excluding hydrogens is 351 g/mol. The number of nitrogens with zero attached hydrogens (tertiary/aromatic N) is 1. The molecule has 1 fully saturated rings. The van der Waals surface area contributed by atoms with Crippen LogP contribution >= 0.6 is 15.9 Å². The number of aliphatic hydroxyl groups is 1. The van der Waals surface area contributed by atoms with E-state index in [-0.39, 0.29) is 22.6 Å². The second-order valence-electron chi connectivity index (χ2n) is 5.11. The fourth-order valence-corrected chi connectivity index (χ4v) is 2.96. The Bertz CT molecular complexity index is 533. The molecule has 1 aliphatic rings. The predicted molar refractivity (Wildman–Crippen MR) is 74.9 cm³/mol. The van der Waals surface area contributed by atoms with Crippen LogP contribution < -0.4 is 0 Å². The molecule has 1 amide bonds. The number of halogens is 4. The van der Waals surface area contributed by atoms with E-state index in [9.17, 15) is 18.0 Å². The smallest absolute Gasteiger partial charge is 0.396 e. The van der Waals surface area contributed by atoms with Crippen molar-refractivity contribution in [3.05, 3.63) is 33.8 Å². The Labute approximate surface area is 128 Å². The molecular formula is C14H15BrF3NO2. The van der Waals surface area contributed by atoms with Crippen LogP contribution in [0.5, 0.6) is 0 Å². The molecule has 0 saturated carbocycles. The molecule has 0 aliphatic carbocycles. The van der Waals surface area contributed by atoms with Gasteiger partial charge in [0.1, 0.15) is 0 Å². The summed E-state index contributed by atoms with van der Waals surface area (Å²) in [4.78, 5) is 13.8. The Morgan fingerprint density at radius 2 is 2.14 bits per heavy atom. The molecule has 0 spiro atoms. The van der Waals surface area contributed by atoms with Crippen molar-refractivity contribution >= 4 is 21.8 Å². The van der Waals surface area contributed by atoms with Gasteiger partial charge in [-0.15, -0.1) is 0 Å². The molecule has 2 rings (SSSR count). The van der Waals surface area contributed by atoms with Gasteiger partial charge in [-0.1, -0.05) is 15.9 Å². The van der Waals surface area contributed by atoms with Crippen molar-refractivity contribution < 1.29 is 23.1 Å². The zero-order valence-electron chi connectivity index (χ0n) is 11.2. The number of alkyl halides is 3. The summed E-state index contributed by atoms with van der Waals surface area (Å²) < 4.78 is 38.5. The van der Waals surface area contributed by atoms with Crippen molar-refractivity contribution in [3.8, 4) is 0 Å². The lowest BCUT2D eigenvalue weighted by atomic mass is 10.1. The first-order valence-corrected chi connectivity index (χ1v) is 7.39. The highest BCUT2D eigenvalue weighted by molar-refractivity contribution is 9.10. The SMILES string of the molecule is O=C(c1ccc(Br)c(C(F)(F)F)c1)N1CCC(CCO)C1. The van der Waals surface area contributed by atoms with Gasteiger partial charge >= 0.3 is 6.18 Å². The topological polar surface area (TPSA) is 40.5 Å². The summed E-state index contributed by atoms with van der Waals surface area (Å²) in [6.07, 6.45) is -3.12. The molecule has 1 aromatic carbocycles. The van der Waals surface area contributed by atoms with Crippen LogP contribution in [0.15, 0.2) is 22.7 Å². The average Bonchev–Trinajstić information content (AvgIpc) is 2.86. The number of rotatable bonds is 3. The number of hydrogen-bond acceptors (Lipinski definition) is 2. The lowest BCUT2D eigenvalue weighted by Gasteiger charge is -2.18. The van der Waals surface area contributed by atoms with Gasteiger partial charge in [0.2, 0.25) is 0 Å². The van der Waals surface area contributed by atoms with Crippen molar-refractivity contribution in [2.45, 2.75) is 19.0 Å². The van der Waals surface area contributed by atoms with E-state index >= 15 is 0 Å². The first-order valence-electron chi connectivity index (χ1n) is 6.60. The van der Waals surface area contributed by atoms with Crippen LogP contribution in [-0.2, 0) is 6.18 Å². The van der Waals surface area contributed by atoms with Gasteiger partial charge in [-0.2, -0.15) is 13.2 Å². The van der Waals surface area contributed by atoms with Gasteiger partial charge in [-0.25, -0.2) is 0 Å². The quantitative estimate of drug-likeness (QED) is 0.892. The second-order valence-corrected chi connectivity index (χ2v) is 5.96. The molecule has 0 aromatic heterocycles. The van der Waals surface area contributed by atoms with E-state index in [0.717, 1.165) is 12.5 Å². The normalized spacial score (nSPS) is 19.1. The molecule has 21 heavy (non-hydrogen) atoms. The first-order chi connectivity index (χ1) is 9.82. The molecule has 1 N–H and O–H groups in total. The van der Waals surface area contributed by atoms with Gasteiger partial charge in [-0.3, -0.25) is 4.79 Å². The predicted octanol–water partition coefficient (Wildman–Crippen LogP) is 3.31. The summed E-state index contributed by atoms with van der Waals surface area (Å²) in [7, 11) is 0. The van der Waals surface area contributed by atoms with Gasteiger partial charge in [0.15, 0.2) is 0 Å². The van der Waals surface area contributed by atoms with Crippen LogP contribution in [0.3, 0.4) is 0 Å². The van der Waals surface area contributed by atoms with E-state index in [0.29, 0.717) is 19.5 Å². The summed E-state index contributed by atoms with van der Waals surface area (Å²) in [6, 6.07) is 3.52. The van der Waals surface area contributed by atoms with E-state index in [1.807, 2.05) is 0 Å². The van der Waals surface area contributed by atoms with Gasteiger partial charge in [-0.05, 0) is 37.0 Å². The number of aliphatic hydroxyl groups excluding tert-OH is 1. The van der Waals surface area contributed by atoms with Crippen LogP contribution in [0, 0.1) is 5.92 Å². The molecule has 3 nitrogen and oxygen atoms in total. The zero-order chi connectivity index (χ0) is 15.6. The maximum atomic E-state index is 12.8. The van der Waals surface area contributed by atoms with Gasteiger partial charge in [0.25, 0.3) is 5.91 Å². The fraction of sp³-hybridized carbons (Fsp3) is 0.500. The molecule has 1 atom stereocenters. The third kappa shape index (κ3) is 3.77. The molecule has 1 aliphatic heterocycles. The number of benzene rings is 1. The van der Waals surface area contributed by atoms with Gasteiger partial charge < -0.3 is 10.0 Å². The maximum Gasteiger partial charge on any atom is 0.417 e. The van der Waals surface area contributed by atoms with Crippen molar-refractivity contribution in [2.24, 2.45) is 5.92 Å². The fourth-order valence-electron chi connectivity index (χ4n) is 2.49. The van der Waals surface area contributed by atoms with Gasteiger partial charge in [0, 0.05) is 29.7 Å². The zero-order valence-corrected chi connectivity index (χ0v) is 12.7. The first kappa shape index (κ1) is 16.3. The highest BCUT2D eigenvalue weighted by Crippen LogP contribution is 2.35. The average molecular weight is 366 g/mol. The number of carbonyl (C=O) groups excluding carboxylic acids is 1. The number of carbonyl (C=O) groups is 1. The molecule has 1 saturated heterocycles. The van der Waals surface area contributed by atoms with E-state index in [1.54, 1.807) is 4.90 Å². The molecule has 0 radical (unpaired) electrons. The summed E-state index contributed by atoms with van der Waals surface area (Å²) in [5, 5.41) is 8.89. The Balaban J connectivity index is 2.17. The largest absolute Gasteiger partial charge is 0.417 e. The summed E-state index contributed by atoms with van der Waals surface area (Å²) in [6.45, 7) is 1.06. The lowest BCUT2D eigenvalue weighted by Crippen LogP contribution is -2.29. The summed E-state index contributed by atoms with van der Waals surface area (Å²) in [5.74, 6) is -0.176. The number of amides is 1. The minimum atomic E-state index is -4.50. The van der Waals surface area contributed by atoms with Crippen LogP contribution in [0.25, 0.3) is 0 Å². The summed E-state index contributed by atoms with van der Waals surface area (Å²) in [5.41, 5.74) is -0.811. The maximum absolute atomic E-state index is 12.8. The number of hydrogen-bond donors (Lipinski definition) is 1. The Morgan fingerprint density at radius 1 is 1.43 bits per heavy atom.